The molecule has 3 N–H and O–H groups in total. The number of aromatic nitrogens is 2. The molecule has 0 spiro atoms. The van der Waals surface area contributed by atoms with Gasteiger partial charge in [-0.3, -0.25) is 0 Å². The van der Waals surface area contributed by atoms with Gasteiger partial charge in [-0.1, -0.05) is 6.42 Å². The Morgan fingerprint density at radius 1 is 1.53 bits per heavy atom. The number of rotatable bonds is 3. The van der Waals surface area contributed by atoms with Gasteiger partial charge in [0.2, 0.25) is 0 Å². The lowest BCUT2D eigenvalue weighted by atomic mass is 9.82. The number of aliphatic hydroxyl groups excluding tert-OH is 1. The molecule has 1 aliphatic rings. The van der Waals surface area contributed by atoms with Crippen molar-refractivity contribution in [1.82, 2.24) is 9.97 Å². The molecule has 1 aliphatic carbocycles. The predicted molar refractivity (Wildman–Crippen MR) is 57.4 cm³/mol. The average Bonchev–Trinajstić information content (AvgIpc) is 2.13. The summed E-state index contributed by atoms with van der Waals surface area (Å²) in [5.74, 6) is 1.15. The quantitative estimate of drug-likeness (QED) is 0.777. The Kier molecular flexibility index (Phi) is 2.98. The van der Waals surface area contributed by atoms with Crippen LogP contribution in [0.3, 0.4) is 0 Å². The molecule has 1 aromatic rings. The van der Waals surface area contributed by atoms with Gasteiger partial charge in [-0.25, -0.2) is 9.97 Å². The van der Waals surface area contributed by atoms with E-state index in [-0.39, 0.29) is 6.61 Å². The minimum Gasteiger partial charge on any atom is -0.394 e. The van der Waals surface area contributed by atoms with Gasteiger partial charge in [0.25, 0.3) is 0 Å². The lowest BCUT2D eigenvalue weighted by Crippen LogP contribution is -2.20. The van der Waals surface area contributed by atoms with Crippen molar-refractivity contribution in [3.05, 3.63) is 23.3 Å². The summed E-state index contributed by atoms with van der Waals surface area (Å²) in [5.41, 5.74) is 7.74. The summed E-state index contributed by atoms with van der Waals surface area (Å²) in [6.07, 6.45) is 3.71. The fourth-order valence-electron chi connectivity index (χ4n) is 1.78. The van der Waals surface area contributed by atoms with E-state index in [1.165, 1.54) is 19.3 Å². The number of nitrogens with zero attached hydrogens (tertiary/aromatic N) is 2. The summed E-state index contributed by atoms with van der Waals surface area (Å²) in [5, 5.41) is 8.97. The molecule has 82 valence electrons. The van der Waals surface area contributed by atoms with Crippen molar-refractivity contribution < 1.29 is 5.11 Å². The van der Waals surface area contributed by atoms with Gasteiger partial charge in [-0.2, -0.15) is 0 Å². The molecule has 15 heavy (non-hydrogen) atoms. The molecule has 4 heteroatoms. The predicted octanol–water partition coefficient (Wildman–Crippen LogP) is 1.04. The Morgan fingerprint density at radius 3 is 2.80 bits per heavy atom. The molecule has 1 fully saturated rings. The summed E-state index contributed by atoms with van der Waals surface area (Å²) in [7, 11) is 0. The van der Waals surface area contributed by atoms with Crippen LogP contribution in [0.5, 0.6) is 0 Å². The van der Waals surface area contributed by atoms with E-state index < -0.39 is 6.04 Å². The van der Waals surface area contributed by atoms with E-state index in [0.717, 1.165) is 11.4 Å². The van der Waals surface area contributed by atoms with E-state index in [4.69, 9.17) is 10.8 Å². The van der Waals surface area contributed by atoms with Crippen LogP contribution in [0.2, 0.25) is 0 Å². The van der Waals surface area contributed by atoms with Gasteiger partial charge < -0.3 is 10.8 Å². The molecule has 2 rings (SSSR count). The summed E-state index contributed by atoms with van der Waals surface area (Å²) in [6.45, 7) is 1.84. The first-order valence-corrected chi connectivity index (χ1v) is 5.42. The third kappa shape index (κ3) is 2.16. The molecule has 0 bridgehead atoms. The lowest BCUT2D eigenvalue weighted by molar-refractivity contribution is 0.262. The van der Waals surface area contributed by atoms with Crippen molar-refractivity contribution in [1.29, 1.82) is 0 Å². The van der Waals surface area contributed by atoms with Crippen LogP contribution in [0, 0.1) is 6.92 Å². The highest BCUT2D eigenvalue weighted by Gasteiger charge is 2.22. The Hall–Kier alpha value is -1.00. The van der Waals surface area contributed by atoms with Crippen molar-refractivity contribution in [2.75, 3.05) is 6.61 Å². The fraction of sp³-hybridized carbons (Fsp3) is 0.636. The highest BCUT2D eigenvalue weighted by atomic mass is 16.3. The van der Waals surface area contributed by atoms with Crippen LogP contribution in [0.25, 0.3) is 0 Å². The first-order chi connectivity index (χ1) is 7.20. The molecule has 0 amide bonds. The second-order valence-corrected chi connectivity index (χ2v) is 4.21. The van der Waals surface area contributed by atoms with Crippen molar-refractivity contribution in [3.8, 4) is 0 Å². The summed E-state index contributed by atoms with van der Waals surface area (Å²) in [4.78, 5) is 8.68. The average molecular weight is 207 g/mol. The number of aryl methyl sites for hydroxylation is 1. The third-order valence-electron chi connectivity index (χ3n) is 2.94. The van der Waals surface area contributed by atoms with Crippen molar-refractivity contribution >= 4 is 0 Å². The highest BCUT2D eigenvalue weighted by Crippen LogP contribution is 2.35. The standard InChI is InChI=1S/C11H17N3O/c1-7-5-10(8-3-2-4-8)14-11(13-7)9(12)6-15/h5,8-9,15H,2-4,6,12H2,1H3. The first-order valence-electron chi connectivity index (χ1n) is 5.42. The molecule has 4 nitrogen and oxygen atoms in total. The molecule has 1 heterocycles. The Morgan fingerprint density at radius 2 is 2.27 bits per heavy atom. The van der Waals surface area contributed by atoms with Gasteiger partial charge in [0.15, 0.2) is 0 Å². The van der Waals surface area contributed by atoms with Gasteiger partial charge in [-0.05, 0) is 25.8 Å². The lowest BCUT2D eigenvalue weighted by Gasteiger charge is -2.25. The number of hydrogen-bond donors (Lipinski definition) is 2. The maximum Gasteiger partial charge on any atom is 0.147 e. The van der Waals surface area contributed by atoms with Crippen LogP contribution in [0.15, 0.2) is 6.07 Å². The summed E-state index contributed by atoms with van der Waals surface area (Å²) < 4.78 is 0. The minimum atomic E-state index is -0.455. The Bertz CT molecular complexity index is 327. The zero-order chi connectivity index (χ0) is 10.8. The second-order valence-electron chi connectivity index (χ2n) is 4.21. The Labute approximate surface area is 89.6 Å². The van der Waals surface area contributed by atoms with Gasteiger partial charge in [0, 0.05) is 17.3 Å². The molecule has 0 aromatic carbocycles. The van der Waals surface area contributed by atoms with E-state index in [0.29, 0.717) is 11.7 Å². The van der Waals surface area contributed by atoms with E-state index in [1.807, 2.05) is 13.0 Å². The monoisotopic (exact) mass is 207 g/mol. The molecular formula is C11H17N3O. The van der Waals surface area contributed by atoms with Crippen molar-refractivity contribution in [2.45, 2.75) is 38.1 Å². The number of nitrogens with two attached hydrogens (primary N) is 1. The molecule has 0 radical (unpaired) electrons. The van der Waals surface area contributed by atoms with E-state index >= 15 is 0 Å². The normalized spacial score (nSPS) is 18.6. The number of hydrogen-bond acceptors (Lipinski definition) is 4. The smallest absolute Gasteiger partial charge is 0.147 e. The SMILES string of the molecule is Cc1cc(C2CCC2)nc(C(N)CO)n1. The maximum absolute atomic E-state index is 8.97. The number of aliphatic hydroxyl groups is 1. The molecule has 1 aromatic heterocycles. The molecule has 0 saturated heterocycles. The summed E-state index contributed by atoms with van der Waals surface area (Å²) in [6, 6.07) is 1.57. The van der Waals surface area contributed by atoms with Crippen LogP contribution < -0.4 is 5.73 Å². The van der Waals surface area contributed by atoms with Crippen LogP contribution in [0.1, 0.15) is 48.4 Å². The highest BCUT2D eigenvalue weighted by molar-refractivity contribution is 5.17. The van der Waals surface area contributed by atoms with Crippen LogP contribution in [-0.4, -0.2) is 21.7 Å². The van der Waals surface area contributed by atoms with Gasteiger partial charge in [0.1, 0.15) is 5.82 Å². The van der Waals surface area contributed by atoms with Gasteiger partial charge in [-0.15, -0.1) is 0 Å². The largest absolute Gasteiger partial charge is 0.394 e. The summed E-state index contributed by atoms with van der Waals surface area (Å²) >= 11 is 0. The first kappa shape index (κ1) is 10.5. The Balaban J connectivity index is 2.27. The van der Waals surface area contributed by atoms with Crippen molar-refractivity contribution in [2.24, 2.45) is 5.73 Å². The molecular weight excluding hydrogens is 190 g/mol. The van der Waals surface area contributed by atoms with E-state index in [1.54, 1.807) is 0 Å². The maximum atomic E-state index is 8.97. The molecule has 1 unspecified atom stereocenters. The molecule has 0 aliphatic heterocycles. The molecule has 1 saturated carbocycles. The minimum absolute atomic E-state index is 0.104. The van der Waals surface area contributed by atoms with Crippen LogP contribution in [-0.2, 0) is 0 Å². The van der Waals surface area contributed by atoms with E-state index in [2.05, 4.69) is 9.97 Å². The van der Waals surface area contributed by atoms with Crippen molar-refractivity contribution in [3.63, 3.8) is 0 Å². The van der Waals surface area contributed by atoms with Crippen LogP contribution >= 0.6 is 0 Å². The second kappa shape index (κ2) is 4.24. The van der Waals surface area contributed by atoms with Gasteiger partial charge in [0.05, 0.1) is 12.6 Å². The topological polar surface area (TPSA) is 72.0 Å². The fourth-order valence-corrected chi connectivity index (χ4v) is 1.78. The zero-order valence-electron chi connectivity index (χ0n) is 8.98. The molecule has 1 atom stereocenters. The third-order valence-corrected chi connectivity index (χ3v) is 2.94. The van der Waals surface area contributed by atoms with Crippen LogP contribution in [0.4, 0.5) is 0 Å². The van der Waals surface area contributed by atoms with Gasteiger partial charge >= 0.3 is 0 Å². The van der Waals surface area contributed by atoms with E-state index in [9.17, 15) is 0 Å². The zero-order valence-corrected chi connectivity index (χ0v) is 8.98.